The lowest BCUT2D eigenvalue weighted by atomic mass is 10.0. The van der Waals surface area contributed by atoms with Gasteiger partial charge in [0.15, 0.2) is 0 Å². The summed E-state index contributed by atoms with van der Waals surface area (Å²) < 4.78 is 77.7. The molecule has 0 fully saturated rings. The molecule has 0 radical (unpaired) electrons. The first-order valence-electron chi connectivity index (χ1n) is 6.13. The molecule has 2 aromatic rings. The van der Waals surface area contributed by atoms with Crippen LogP contribution in [0.15, 0.2) is 36.5 Å². The third-order valence-corrected chi connectivity index (χ3v) is 2.83. The summed E-state index contributed by atoms with van der Waals surface area (Å²) in [6.45, 7) is -0.701. The molecule has 0 amide bonds. The zero-order chi connectivity index (χ0) is 17.3. The number of ether oxygens (including phenoxy) is 1. The second-order valence-electron chi connectivity index (χ2n) is 4.46. The average molecular weight is 337 g/mol. The van der Waals surface area contributed by atoms with Crippen LogP contribution < -0.4 is 4.74 Å². The smallest absolute Gasteiger partial charge is 0.406 e. The normalized spacial score (nSPS) is 12.3. The fourth-order valence-electron chi connectivity index (χ4n) is 1.86. The monoisotopic (exact) mass is 337 g/mol. The fourth-order valence-corrected chi connectivity index (χ4v) is 1.86. The Kier molecular flexibility index (Phi) is 4.51. The summed E-state index contributed by atoms with van der Waals surface area (Å²) in [5.41, 5.74) is -0.831. The van der Waals surface area contributed by atoms with E-state index < -0.39 is 30.5 Å². The maximum atomic E-state index is 12.6. The van der Waals surface area contributed by atoms with Gasteiger partial charge in [-0.25, -0.2) is 0 Å². The molecule has 0 bridgehead atoms. The van der Waals surface area contributed by atoms with Gasteiger partial charge in [-0.05, 0) is 30.3 Å². The Morgan fingerprint density at radius 2 is 1.61 bits per heavy atom. The van der Waals surface area contributed by atoms with Crippen LogP contribution in [-0.4, -0.2) is 16.5 Å². The molecule has 0 aliphatic carbocycles. The van der Waals surface area contributed by atoms with Gasteiger partial charge in [0.05, 0.1) is 17.9 Å². The number of pyridine rings is 1. The van der Waals surface area contributed by atoms with Gasteiger partial charge in [-0.1, -0.05) is 0 Å². The summed E-state index contributed by atoms with van der Waals surface area (Å²) in [6, 6.07) is 5.15. The number of rotatable bonds is 3. The molecule has 1 N–H and O–H groups in total. The van der Waals surface area contributed by atoms with Crippen LogP contribution in [0.25, 0.3) is 11.3 Å². The lowest BCUT2D eigenvalue weighted by Gasteiger charge is -2.12. The van der Waals surface area contributed by atoms with E-state index in [0.29, 0.717) is 6.20 Å². The average Bonchev–Trinajstić information content (AvgIpc) is 2.45. The topological polar surface area (TPSA) is 42.4 Å². The number of aliphatic hydroxyl groups excluding tert-OH is 1. The molecule has 124 valence electrons. The molecule has 0 aliphatic rings. The van der Waals surface area contributed by atoms with Crippen molar-refractivity contribution in [2.45, 2.75) is 19.1 Å². The third kappa shape index (κ3) is 4.35. The fraction of sp³-hybridized carbons (Fsp3) is 0.214. The van der Waals surface area contributed by atoms with Gasteiger partial charge in [0.2, 0.25) is 0 Å². The Bertz CT molecular complexity index is 679. The van der Waals surface area contributed by atoms with E-state index in [9.17, 15) is 31.4 Å². The third-order valence-electron chi connectivity index (χ3n) is 2.83. The van der Waals surface area contributed by atoms with E-state index in [4.69, 9.17) is 0 Å². The van der Waals surface area contributed by atoms with Gasteiger partial charge in [0.25, 0.3) is 0 Å². The highest BCUT2D eigenvalue weighted by Crippen LogP contribution is 2.33. The molecule has 3 nitrogen and oxygen atoms in total. The molecule has 0 saturated carbocycles. The van der Waals surface area contributed by atoms with Crippen molar-refractivity contribution in [2.75, 3.05) is 0 Å². The quantitative estimate of drug-likeness (QED) is 0.856. The minimum atomic E-state index is -4.84. The maximum Gasteiger partial charge on any atom is 0.573 e. The van der Waals surface area contributed by atoms with E-state index in [1.165, 1.54) is 12.1 Å². The van der Waals surface area contributed by atoms with Gasteiger partial charge in [0, 0.05) is 17.3 Å². The summed E-state index contributed by atoms with van der Waals surface area (Å²) in [4.78, 5) is 3.65. The molecule has 0 saturated heterocycles. The Morgan fingerprint density at radius 1 is 1.00 bits per heavy atom. The van der Waals surface area contributed by atoms with Crippen LogP contribution in [0.1, 0.15) is 11.1 Å². The number of halogens is 6. The highest BCUT2D eigenvalue weighted by Gasteiger charge is 2.32. The molecule has 0 atom stereocenters. The van der Waals surface area contributed by atoms with E-state index in [1.807, 2.05) is 0 Å². The predicted octanol–water partition coefficient (Wildman–Crippen LogP) is 4.16. The lowest BCUT2D eigenvalue weighted by molar-refractivity contribution is -0.274. The van der Waals surface area contributed by atoms with Gasteiger partial charge in [-0.2, -0.15) is 13.2 Å². The van der Waals surface area contributed by atoms with Gasteiger partial charge in [0.1, 0.15) is 5.75 Å². The predicted molar refractivity (Wildman–Crippen MR) is 67.3 cm³/mol. The number of alkyl halides is 6. The summed E-state index contributed by atoms with van der Waals surface area (Å²) in [6.07, 6.45) is -8.86. The highest BCUT2D eigenvalue weighted by atomic mass is 19.4. The van der Waals surface area contributed by atoms with Crippen molar-refractivity contribution < 1.29 is 36.2 Å². The number of hydrogen-bond acceptors (Lipinski definition) is 3. The molecule has 1 heterocycles. The Balaban J connectivity index is 2.35. The zero-order valence-electron chi connectivity index (χ0n) is 11.2. The van der Waals surface area contributed by atoms with Crippen LogP contribution >= 0.6 is 0 Å². The second kappa shape index (κ2) is 6.07. The summed E-state index contributed by atoms with van der Waals surface area (Å²) in [7, 11) is 0. The first-order chi connectivity index (χ1) is 10.6. The highest BCUT2D eigenvalue weighted by molar-refractivity contribution is 5.64. The van der Waals surface area contributed by atoms with Crippen molar-refractivity contribution in [1.82, 2.24) is 4.98 Å². The number of hydrogen-bond donors (Lipinski definition) is 1. The largest absolute Gasteiger partial charge is 0.573 e. The van der Waals surface area contributed by atoms with Crippen molar-refractivity contribution in [3.8, 4) is 17.0 Å². The van der Waals surface area contributed by atoms with E-state index in [2.05, 4.69) is 9.72 Å². The van der Waals surface area contributed by atoms with Crippen LogP contribution in [0.2, 0.25) is 0 Å². The lowest BCUT2D eigenvalue weighted by Crippen LogP contribution is -2.16. The first-order valence-corrected chi connectivity index (χ1v) is 6.13. The number of benzene rings is 1. The molecule has 23 heavy (non-hydrogen) atoms. The zero-order valence-corrected chi connectivity index (χ0v) is 11.2. The standard InChI is InChI=1S/C14H9F6NO2/c15-13(16,17)10-5-9(7-22)12(21-6-10)8-1-3-11(4-2-8)23-14(18,19)20/h1-6,22H,7H2. The molecule has 0 unspecified atom stereocenters. The molecule has 0 spiro atoms. The van der Waals surface area contributed by atoms with Crippen LogP contribution in [0.3, 0.4) is 0 Å². The minimum absolute atomic E-state index is 0.0408. The van der Waals surface area contributed by atoms with Gasteiger partial charge in [-0.15, -0.1) is 13.2 Å². The van der Waals surface area contributed by atoms with E-state index in [-0.39, 0.29) is 16.8 Å². The molecule has 0 aliphatic heterocycles. The SMILES string of the molecule is OCc1cc(C(F)(F)F)cnc1-c1ccc(OC(F)(F)F)cc1. The number of aromatic nitrogens is 1. The molecular weight excluding hydrogens is 328 g/mol. The Hall–Kier alpha value is -2.29. The van der Waals surface area contributed by atoms with Crippen molar-refractivity contribution in [3.05, 3.63) is 47.7 Å². The molecule has 1 aromatic heterocycles. The number of aliphatic hydroxyl groups is 1. The summed E-state index contributed by atoms with van der Waals surface area (Å²) in [5, 5.41) is 9.20. The molecule has 2 rings (SSSR count). The molecular formula is C14H9F6NO2. The van der Waals surface area contributed by atoms with Gasteiger partial charge < -0.3 is 9.84 Å². The van der Waals surface area contributed by atoms with Gasteiger partial charge in [-0.3, -0.25) is 4.98 Å². The van der Waals surface area contributed by atoms with Crippen molar-refractivity contribution >= 4 is 0 Å². The van der Waals surface area contributed by atoms with Crippen molar-refractivity contribution in [1.29, 1.82) is 0 Å². The van der Waals surface area contributed by atoms with Crippen LogP contribution in [0.4, 0.5) is 26.3 Å². The minimum Gasteiger partial charge on any atom is -0.406 e. The van der Waals surface area contributed by atoms with Gasteiger partial charge >= 0.3 is 12.5 Å². The number of nitrogens with zero attached hydrogens (tertiary/aromatic N) is 1. The van der Waals surface area contributed by atoms with Crippen LogP contribution in [0.5, 0.6) is 5.75 Å². The van der Waals surface area contributed by atoms with Crippen molar-refractivity contribution in [2.24, 2.45) is 0 Å². The van der Waals surface area contributed by atoms with E-state index in [0.717, 1.165) is 18.2 Å². The van der Waals surface area contributed by atoms with E-state index >= 15 is 0 Å². The van der Waals surface area contributed by atoms with Crippen LogP contribution in [0, 0.1) is 0 Å². The summed E-state index contributed by atoms with van der Waals surface area (Å²) in [5.74, 6) is -0.473. The van der Waals surface area contributed by atoms with Crippen LogP contribution in [-0.2, 0) is 12.8 Å². The maximum absolute atomic E-state index is 12.6. The Morgan fingerprint density at radius 3 is 2.09 bits per heavy atom. The summed E-state index contributed by atoms with van der Waals surface area (Å²) >= 11 is 0. The molecule has 1 aromatic carbocycles. The Labute approximate surface area is 126 Å². The van der Waals surface area contributed by atoms with Crippen molar-refractivity contribution in [3.63, 3.8) is 0 Å². The molecule has 9 heteroatoms. The van der Waals surface area contributed by atoms with E-state index in [1.54, 1.807) is 0 Å². The second-order valence-corrected chi connectivity index (χ2v) is 4.46. The first kappa shape index (κ1) is 17.1.